The molecule has 1 atom stereocenters. The zero-order chi connectivity index (χ0) is 9.68. The van der Waals surface area contributed by atoms with E-state index in [2.05, 4.69) is 31.9 Å². The quantitative estimate of drug-likeness (QED) is 0.844. The first-order chi connectivity index (χ1) is 6.24. The third kappa shape index (κ3) is 3.69. The van der Waals surface area contributed by atoms with Gasteiger partial charge in [0, 0.05) is 10.2 Å². The van der Waals surface area contributed by atoms with Crippen LogP contribution in [0.1, 0.15) is 12.0 Å². The molecule has 0 bridgehead atoms. The van der Waals surface area contributed by atoms with E-state index in [1.165, 1.54) is 0 Å². The van der Waals surface area contributed by atoms with Gasteiger partial charge in [-0.3, -0.25) is 0 Å². The van der Waals surface area contributed by atoms with Gasteiger partial charge < -0.3 is 5.11 Å². The molecule has 0 spiro atoms. The molecule has 3 heteroatoms. The average molecular weight is 308 g/mol. The van der Waals surface area contributed by atoms with Crippen LogP contribution >= 0.6 is 31.9 Å². The summed E-state index contributed by atoms with van der Waals surface area (Å²) in [5, 5.41) is 10.5. The van der Waals surface area contributed by atoms with E-state index >= 15 is 0 Å². The fraction of sp³-hybridized carbons (Fsp3) is 0.400. The van der Waals surface area contributed by atoms with Crippen LogP contribution in [-0.4, -0.2) is 15.3 Å². The number of hydrogen-bond donors (Lipinski definition) is 1. The summed E-state index contributed by atoms with van der Waals surface area (Å²) in [5.74, 6) is 0.390. The Balaban J connectivity index is 2.58. The average Bonchev–Trinajstić information content (AvgIpc) is 2.09. The van der Waals surface area contributed by atoms with Crippen molar-refractivity contribution in [1.29, 1.82) is 0 Å². The second kappa shape index (κ2) is 5.66. The van der Waals surface area contributed by atoms with E-state index in [4.69, 9.17) is 0 Å². The van der Waals surface area contributed by atoms with Crippen LogP contribution in [-0.2, 0) is 6.42 Å². The number of aromatic hydroxyl groups is 1. The fourth-order valence-corrected chi connectivity index (χ4v) is 2.89. The van der Waals surface area contributed by atoms with Crippen LogP contribution in [0, 0.1) is 0 Å². The second-order valence-corrected chi connectivity index (χ2v) is 5.00. The molecule has 1 unspecified atom stereocenters. The van der Waals surface area contributed by atoms with Gasteiger partial charge in [-0.25, -0.2) is 0 Å². The lowest BCUT2D eigenvalue weighted by Crippen LogP contribution is -2.03. The Morgan fingerprint density at radius 1 is 1.31 bits per heavy atom. The van der Waals surface area contributed by atoms with Crippen LogP contribution in [0.25, 0.3) is 0 Å². The molecule has 1 aromatic carbocycles. The van der Waals surface area contributed by atoms with E-state index in [9.17, 15) is 5.11 Å². The molecule has 0 aromatic heterocycles. The summed E-state index contributed by atoms with van der Waals surface area (Å²) in [7, 11) is 0. The molecule has 72 valence electrons. The monoisotopic (exact) mass is 306 g/mol. The zero-order valence-electron chi connectivity index (χ0n) is 7.21. The topological polar surface area (TPSA) is 20.2 Å². The van der Waals surface area contributed by atoms with Crippen molar-refractivity contribution < 1.29 is 5.11 Å². The molecule has 0 radical (unpaired) electrons. The molecule has 1 aromatic rings. The number of halogens is 2. The predicted octanol–water partition coefficient (Wildman–Crippen LogP) is 3.48. The maximum Gasteiger partial charge on any atom is 0.118 e. The minimum atomic E-state index is 0.390. The lowest BCUT2D eigenvalue weighted by molar-refractivity contribution is 0.467. The van der Waals surface area contributed by atoms with E-state index in [0.717, 1.165) is 23.7 Å². The van der Waals surface area contributed by atoms with Gasteiger partial charge >= 0.3 is 0 Å². The number of phenolic OH excluding ortho intramolecular Hbond substituents is 1. The standard InChI is InChI=1S/C10H12Br2O/c11-6-5-9(12)7-8-3-1-2-4-10(8)13/h1-4,9,13H,5-7H2. The maximum atomic E-state index is 9.50. The molecule has 0 aliphatic rings. The number of alkyl halides is 2. The van der Waals surface area contributed by atoms with E-state index in [0.29, 0.717) is 10.6 Å². The van der Waals surface area contributed by atoms with Crippen LogP contribution in [0.15, 0.2) is 24.3 Å². The van der Waals surface area contributed by atoms with Crippen molar-refractivity contribution in [3.63, 3.8) is 0 Å². The molecule has 0 heterocycles. The van der Waals surface area contributed by atoms with Crippen LogP contribution in [0.5, 0.6) is 5.75 Å². The molecule has 0 amide bonds. The minimum Gasteiger partial charge on any atom is -0.508 e. The normalized spacial score (nSPS) is 12.8. The first-order valence-electron chi connectivity index (χ1n) is 4.21. The Morgan fingerprint density at radius 3 is 2.62 bits per heavy atom. The largest absolute Gasteiger partial charge is 0.508 e. The summed E-state index contributed by atoms with van der Waals surface area (Å²) >= 11 is 6.96. The number of rotatable bonds is 4. The molecule has 1 rings (SSSR count). The molecule has 0 fully saturated rings. The van der Waals surface area contributed by atoms with Gasteiger partial charge in [-0.2, -0.15) is 0 Å². The van der Waals surface area contributed by atoms with Crippen LogP contribution in [0.3, 0.4) is 0 Å². The number of hydrogen-bond acceptors (Lipinski definition) is 1. The summed E-state index contributed by atoms with van der Waals surface area (Å²) in [6, 6.07) is 7.47. The first-order valence-corrected chi connectivity index (χ1v) is 6.24. The predicted molar refractivity (Wildman–Crippen MR) is 62.9 cm³/mol. The van der Waals surface area contributed by atoms with Gasteiger partial charge in [-0.1, -0.05) is 50.1 Å². The maximum absolute atomic E-state index is 9.50. The van der Waals surface area contributed by atoms with Gasteiger partial charge in [0.25, 0.3) is 0 Å². The second-order valence-electron chi connectivity index (χ2n) is 2.91. The molecule has 0 saturated carbocycles. The van der Waals surface area contributed by atoms with Crippen LogP contribution in [0.4, 0.5) is 0 Å². The smallest absolute Gasteiger partial charge is 0.118 e. The van der Waals surface area contributed by atoms with Crippen molar-refractivity contribution in [3.8, 4) is 5.75 Å². The molecule has 13 heavy (non-hydrogen) atoms. The van der Waals surface area contributed by atoms with E-state index in [1.807, 2.05) is 18.2 Å². The van der Waals surface area contributed by atoms with E-state index in [1.54, 1.807) is 6.07 Å². The third-order valence-electron chi connectivity index (χ3n) is 1.86. The van der Waals surface area contributed by atoms with Gasteiger partial charge in [-0.05, 0) is 24.5 Å². The number of phenols is 1. The highest BCUT2D eigenvalue weighted by atomic mass is 79.9. The summed E-state index contributed by atoms with van der Waals surface area (Å²) in [5.41, 5.74) is 1.00. The SMILES string of the molecule is Oc1ccccc1CC(Br)CCBr. The Morgan fingerprint density at radius 2 is 2.00 bits per heavy atom. The summed E-state index contributed by atoms with van der Waals surface area (Å²) < 4.78 is 0. The molecular weight excluding hydrogens is 296 g/mol. The Hall–Kier alpha value is -0.0200. The summed E-state index contributed by atoms with van der Waals surface area (Å²) in [6.07, 6.45) is 1.94. The van der Waals surface area contributed by atoms with Gasteiger partial charge in [0.15, 0.2) is 0 Å². The van der Waals surface area contributed by atoms with Crippen molar-refractivity contribution in [2.24, 2.45) is 0 Å². The van der Waals surface area contributed by atoms with Gasteiger partial charge in [0.2, 0.25) is 0 Å². The highest BCUT2D eigenvalue weighted by Gasteiger charge is 2.07. The third-order valence-corrected chi connectivity index (χ3v) is 3.09. The number of benzene rings is 1. The Bertz CT molecular complexity index is 263. The summed E-state index contributed by atoms with van der Waals surface area (Å²) in [4.78, 5) is 0.431. The van der Waals surface area contributed by atoms with Crippen LogP contribution < -0.4 is 0 Å². The molecule has 1 N–H and O–H groups in total. The zero-order valence-corrected chi connectivity index (χ0v) is 10.4. The van der Waals surface area contributed by atoms with Gasteiger partial charge in [0.1, 0.15) is 5.75 Å². The molecular formula is C10H12Br2O. The minimum absolute atomic E-state index is 0.390. The molecule has 0 aliphatic heterocycles. The van der Waals surface area contributed by atoms with Crippen LogP contribution in [0.2, 0.25) is 0 Å². The highest BCUT2D eigenvalue weighted by molar-refractivity contribution is 9.10. The lowest BCUT2D eigenvalue weighted by atomic mass is 10.1. The van der Waals surface area contributed by atoms with Crippen molar-refractivity contribution >= 4 is 31.9 Å². The van der Waals surface area contributed by atoms with Crippen molar-refractivity contribution in [3.05, 3.63) is 29.8 Å². The van der Waals surface area contributed by atoms with E-state index in [-0.39, 0.29) is 0 Å². The Kier molecular flexibility index (Phi) is 4.81. The van der Waals surface area contributed by atoms with E-state index < -0.39 is 0 Å². The highest BCUT2D eigenvalue weighted by Crippen LogP contribution is 2.21. The van der Waals surface area contributed by atoms with Gasteiger partial charge in [-0.15, -0.1) is 0 Å². The first kappa shape index (κ1) is 11.1. The molecule has 0 aliphatic carbocycles. The fourth-order valence-electron chi connectivity index (χ4n) is 1.14. The van der Waals surface area contributed by atoms with Crippen molar-refractivity contribution in [1.82, 2.24) is 0 Å². The van der Waals surface area contributed by atoms with Crippen molar-refractivity contribution in [2.75, 3.05) is 5.33 Å². The number of para-hydroxylation sites is 1. The molecule has 1 nitrogen and oxygen atoms in total. The lowest BCUT2D eigenvalue weighted by Gasteiger charge is -2.08. The van der Waals surface area contributed by atoms with Gasteiger partial charge in [0.05, 0.1) is 0 Å². The summed E-state index contributed by atoms with van der Waals surface area (Å²) in [6.45, 7) is 0. The Labute approximate surface area is 95.4 Å². The van der Waals surface area contributed by atoms with Crippen molar-refractivity contribution in [2.45, 2.75) is 17.7 Å². The molecule has 0 saturated heterocycles.